The summed E-state index contributed by atoms with van der Waals surface area (Å²) < 4.78 is 32.7. The Morgan fingerprint density at radius 3 is 2.57 bits per heavy atom. The van der Waals surface area contributed by atoms with E-state index < -0.39 is 10.0 Å². The van der Waals surface area contributed by atoms with Gasteiger partial charge in [-0.15, -0.1) is 11.3 Å². The van der Waals surface area contributed by atoms with Crippen LogP contribution in [0.5, 0.6) is 0 Å². The molecule has 0 radical (unpaired) electrons. The van der Waals surface area contributed by atoms with Crippen LogP contribution in [0.1, 0.15) is 37.6 Å². The van der Waals surface area contributed by atoms with Crippen molar-refractivity contribution in [2.24, 2.45) is 0 Å². The molecule has 21 heavy (non-hydrogen) atoms. The number of rotatable bonds is 9. The van der Waals surface area contributed by atoms with E-state index in [0.717, 1.165) is 10.4 Å². The lowest BCUT2D eigenvalue weighted by atomic mass is 10.3. The van der Waals surface area contributed by atoms with Gasteiger partial charge in [-0.05, 0) is 31.9 Å². The van der Waals surface area contributed by atoms with Gasteiger partial charge in [-0.1, -0.05) is 13.8 Å². The van der Waals surface area contributed by atoms with Gasteiger partial charge in [-0.25, -0.2) is 13.1 Å². The zero-order valence-electron chi connectivity index (χ0n) is 13.4. The molecule has 0 aromatic carbocycles. The lowest BCUT2D eigenvalue weighted by Gasteiger charge is -2.12. The molecule has 0 amide bonds. The minimum atomic E-state index is -3.44. The monoisotopic (exact) mass is 334 g/mol. The number of hydrogen-bond donors (Lipinski definition) is 2. The van der Waals surface area contributed by atoms with Gasteiger partial charge in [-0.3, -0.25) is 0 Å². The van der Waals surface area contributed by atoms with Crippen molar-refractivity contribution in [2.45, 2.75) is 57.0 Å². The third kappa shape index (κ3) is 6.04. The number of ether oxygens (including phenoxy) is 1. The van der Waals surface area contributed by atoms with E-state index in [4.69, 9.17) is 4.74 Å². The molecule has 0 aliphatic heterocycles. The summed E-state index contributed by atoms with van der Waals surface area (Å²) in [6, 6.07) is 1.97. The molecule has 1 atom stereocenters. The largest absolute Gasteiger partial charge is 0.385 e. The molecule has 122 valence electrons. The van der Waals surface area contributed by atoms with Crippen molar-refractivity contribution >= 4 is 21.4 Å². The molecule has 1 heterocycles. The van der Waals surface area contributed by atoms with Crippen LogP contribution in [0.25, 0.3) is 0 Å². The van der Waals surface area contributed by atoms with Crippen molar-refractivity contribution in [2.75, 3.05) is 13.7 Å². The van der Waals surface area contributed by atoms with Crippen molar-refractivity contribution in [3.63, 3.8) is 0 Å². The van der Waals surface area contributed by atoms with Gasteiger partial charge in [0.25, 0.3) is 0 Å². The number of methoxy groups -OCH3 is 1. The molecular weight excluding hydrogens is 308 g/mol. The van der Waals surface area contributed by atoms with Gasteiger partial charge in [0.2, 0.25) is 10.0 Å². The lowest BCUT2D eigenvalue weighted by molar-refractivity contribution is 0.188. The van der Waals surface area contributed by atoms with Crippen LogP contribution in [0, 0.1) is 6.92 Å². The molecule has 0 aliphatic carbocycles. The fourth-order valence-electron chi connectivity index (χ4n) is 1.77. The van der Waals surface area contributed by atoms with Crippen molar-refractivity contribution in [1.29, 1.82) is 0 Å². The quantitative estimate of drug-likeness (QED) is 0.727. The van der Waals surface area contributed by atoms with E-state index in [1.165, 1.54) is 11.3 Å². The first kappa shape index (κ1) is 18.6. The average molecular weight is 335 g/mol. The van der Waals surface area contributed by atoms with Gasteiger partial charge in [-0.2, -0.15) is 0 Å². The Bertz CT molecular complexity index is 538. The smallest absolute Gasteiger partial charge is 0.250 e. The number of aryl methyl sites for hydroxylation is 1. The second-order valence-corrected chi connectivity index (χ2v) is 8.59. The van der Waals surface area contributed by atoms with Gasteiger partial charge in [0.1, 0.15) is 4.21 Å². The Kier molecular flexibility index (Phi) is 7.29. The van der Waals surface area contributed by atoms with E-state index in [9.17, 15) is 8.42 Å². The van der Waals surface area contributed by atoms with Crippen LogP contribution in [0.3, 0.4) is 0 Å². The molecule has 5 nitrogen and oxygen atoms in total. The number of thiophene rings is 1. The summed E-state index contributed by atoms with van der Waals surface area (Å²) in [6.07, 6.45) is 0.655. The van der Waals surface area contributed by atoms with E-state index in [-0.39, 0.29) is 6.04 Å². The summed E-state index contributed by atoms with van der Waals surface area (Å²) in [7, 11) is -1.84. The maximum absolute atomic E-state index is 12.3. The van der Waals surface area contributed by atoms with Crippen molar-refractivity contribution in [1.82, 2.24) is 10.0 Å². The fourth-order valence-corrected chi connectivity index (χ4v) is 4.60. The molecule has 0 saturated heterocycles. The first-order valence-electron chi connectivity index (χ1n) is 7.10. The maximum atomic E-state index is 12.3. The molecule has 0 aliphatic rings. The van der Waals surface area contributed by atoms with Gasteiger partial charge >= 0.3 is 0 Å². The summed E-state index contributed by atoms with van der Waals surface area (Å²) >= 11 is 1.33. The Morgan fingerprint density at radius 1 is 1.33 bits per heavy atom. The highest BCUT2D eigenvalue weighted by atomic mass is 32.2. The van der Waals surface area contributed by atoms with E-state index in [0.29, 0.717) is 29.8 Å². The number of hydrogen-bond acceptors (Lipinski definition) is 5. The van der Waals surface area contributed by atoms with E-state index in [2.05, 4.69) is 23.9 Å². The van der Waals surface area contributed by atoms with Crippen LogP contribution in [-0.2, 0) is 21.3 Å². The van der Waals surface area contributed by atoms with Gasteiger partial charge < -0.3 is 10.1 Å². The van der Waals surface area contributed by atoms with Gasteiger partial charge in [0, 0.05) is 37.2 Å². The second-order valence-electron chi connectivity index (χ2n) is 5.51. The third-order valence-corrected chi connectivity index (χ3v) is 6.35. The van der Waals surface area contributed by atoms with E-state index in [1.54, 1.807) is 13.2 Å². The third-order valence-electron chi connectivity index (χ3n) is 3.05. The van der Waals surface area contributed by atoms with Crippen molar-refractivity contribution in [3.05, 3.63) is 16.5 Å². The second kappa shape index (κ2) is 8.24. The zero-order valence-corrected chi connectivity index (χ0v) is 15.0. The van der Waals surface area contributed by atoms with Crippen LogP contribution in [-0.4, -0.2) is 34.2 Å². The minimum Gasteiger partial charge on any atom is -0.385 e. The Labute approximate surface area is 132 Å². The molecule has 1 unspecified atom stereocenters. The maximum Gasteiger partial charge on any atom is 0.250 e. The fraction of sp³-hybridized carbons (Fsp3) is 0.714. The Hall–Kier alpha value is -0.470. The van der Waals surface area contributed by atoms with E-state index >= 15 is 0 Å². The molecule has 1 aromatic heterocycles. The Morgan fingerprint density at radius 2 is 2.00 bits per heavy atom. The summed E-state index contributed by atoms with van der Waals surface area (Å²) in [5, 5.41) is 3.31. The van der Waals surface area contributed by atoms with Crippen LogP contribution < -0.4 is 10.0 Å². The van der Waals surface area contributed by atoms with Crippen LogP contribution in [0.2, 0.25) is 0 Å². The van der Waals surface area contributed by atoms with E-state index in [1.807, 2.05) is 13.8 Å². The van der Waals surface area contributed by atoms with Gasteiger partial charge in [0.15, 0.2) is 0 Å². The first-order chi connectivity index (χ1) is 9.76. The molecule has 7 heteroatoms. The molecule has 1 rings (SSSR count). The van der Waals surface area contributed by atoms with Crippen LogP contribution in [0.4, 0.5) is 0 Å². The lowest BCUT2D eigenvalue weighted by Crippen LogP contribution is -2.32. The standard InChI is InChI=1S/C14H26N2O3S2/c1-10(2)15-9-13-11(3)8-14(20-13)21(17,18)16-12(4)6-7-19-5/h8,10,12,15-16H,6-7,9H2,1-5H3. The average Bonchev–Trinajstić information content (AvgIpc) is 2.75. The minimum absolute atomic E-state index is 0.144. The summed E-state index contributed by atoms with van der Waals surface area (Å²) in [6.45, 7) is 9.17. The number of nitrogens with one attached hydrogen (secondary N) is 2. The first-order valence-corrected chi connectivity index (χ1v) is 9.40. The van der Waals surface area contributed by atoms with Gasteiger partial charge in [0.05, 0.1) is 0 Å². The Balaban J connectivity index is 2.77. The zero-order chi connectivity index (χ0) is 16.0. The van der Waals surface area contributed by atoms with Crippen molar-refractivity contribution in [3.8, 4) is 0 Å². The molecular formula is C14H26N2O3S2. The highest BCUT2D eigenvalue weighted by Gasteiger charge is 2.21. The van der Waals surface area contributed by atoms with Crippen LogP contribution >= 0.6 is 11.3 Å². The molecule has 0 saturated carbocycles. The highest BCUT2D eigenvalue weighted by Crippen LogP contribution is 2.26. The highest BCUT2D eigenvalue weighted by molar-refractivity contribution is 7.91. The SMILES string of the molecule is COCCC(C)NS(=O)(=O)c1cc(C)c(CNC(C)C)s1. The van der Waals surface area contributed by atoms with Crippen molar-refractivity contribution < 1.29 is 13.2 Å². The molecule has 2 N–H and O–H groups in total. The summed E-state index contributed by atoms with van der Waals surface area (Å²) in [5.41, 5.74) is 1.01. The molecule has 0 bridgehead atoms. The molecule has 1 aromatic rings. The predicted molar refractivity (Wildman–Crippen MR) is 87.3 cm³/mol. The summed E-state index contributed by atoms with van der Waals surface area (Å²) in [4.78, 5) is 1.06. The topological polar surface area (TPSA) is 67.4 Å². The number of sulfonamides is 1. The predicted octanol–water partition coefficient (Wildman–Crippen LogP) is 2.26. The molecule has 0 fully saturated rings. The summed E-state index contributed by atoms with van der Waals surface area (Å²) in [5.74, 6) is 0. The normalized spacial score (nSPS) is 13.8. The molecule has 0 spiro atoms. The van der Waals surface area contributed by atoms with Crippen LogP contribution in [0.15, 0.2) is 10.3 Å².